The van der Waals surface area contributed by atoms with Crippen LogP contribution in [0, 0.1) is 0 Å². The fourth-order valence-electron chi connectivity index (χ4n) is 1.72. The van der Waals surface area contributed by atoms with Gasteiger partial charge in [-0.2, -0.15) is 0 Å². The van der Waals surface area contributed by atoms with Crippen molar-refractivity contribution < 1.29 is 13.9 Å². The molecule has 1 rings (SSSR count). The number of halogens is 2. The summed E-state index contributed by atoms with van der Waals surface area (Å²) in [6.45, 7) is 3.09. The van der Waals surface area contributed by atoms with Gasteiger partial charge in [0.2, 0.25) is 0 Å². The van der Waals surface area contributed by atoms with Gasteiger partial charge in [0, 0.05) is 25.8 Å². The van der Waals surface area contributed by atoms with Gasteiger partial charge in [-0.25, -0.2) is 13.8 Å². The third-order valence-electron chi connectivity index (χ3n) is 2.46. The zero-order valence-corrected chi connectivity index (χ0v) is 10.0. The molecule has 4 nitrogen and oxygen atoms in total. The van der Waals surface area contributed by atoms with E-state index in [9.17, 15) is 8.78 Å². The van der Waals surface area contributed by atoms with Gasteiger partial charge >= 0.3 is 0 Å². The van der Waals surface area contributed by atoms with E-state index in [2.05, 4.69) is 11.9 Å². The molecule has 0 fully saturated rings. The van der Waals surface area contributed by atoms with Crippen LogP contribution in [-0.2, 0) is 13.1 Å². The summed E-state index contributed by atoms with van der Waals surface area (Å²) in [6.07, 6.45) is 1.98. The Bertz CT molecular complexity index is 317. The lowest BCUT2D eigenvalue weighted by Crippen LogP contribution is -2.32. The number of nitrogens with zero attached hydrogens (tertiary/aromatic N) is 3. The lowest BCUT2D eigenvalue weighted by atomic mass is 10.3. The molecule has 0 aromatic carbocycles. The van der Waals surface area contributed by atoms with E-state index in [1.54, 1.807) is 12.5 Å². The molecular formula is C11H19F2N3O. The molecule has 0 amide bonds. The second-order valence-electron chi connectivity index (χ2n) is 3.93. The van der Waals surface area contributed by atoms with Gasteiger partial charge in [0.25, 0.3) is 6.43 Å². The molecule has 1 N–H and O–H groups in total. The van der Waals surface area contributed by atoms with Crippen molar-refractivity contribution in [3.8, 4) is 0 Å². The van der Waals surface area contributed by atoms with E-state index in [0.29, 0.717) is 6.54 Å². The highest BCUT2D eigenvalue weighted by molar-refractivity contribution is 4.98. The molecule has 0 radical (unpaired) electrons. The van der Waals surface area contributed by atoms with Crippen molar-refractivity contribution >= 4 is 0 Å². The van der Waals surface area contributed by atoms with E-state index < -0.39 is 6.43 Å². The molecule has 0 unspecified atom stereocenters. The lowest BCUT2D eigenvalue weighted by Gasteiger charge is -2.21. The predicted molar refractivity (Wildman–Crippen MR) is 60.9 cm³/mol. The summed E-state index contributed by atoms with van der Waals surface area (Å²) < 4.78 is 26.6. The minimum atomic E-state index is -2.39. The zero-order chi connectivity index (χ0) is 12.7. The van der Waals surface area contributed by atoms with Crippen molar-refractivity contribution in [2.75, 3.05) is 19.7 Å². The summed E-state index contributed by atoms with van der Waals surface area (Å²) in [6, 6.07) is 0. The number of aliphatic hydroxyl groups excluding tert-OH is 1. The molecule has 0 spiro atoms. The van der Waals surface area contributed by atoms with Crippen LogP contribution in [0.3, 0.4) is 0 Å². The van der Waals surface area contributed by atoms with Crippen LogP contribution in [0.15, 0.2) is 12.5 Å². The Hall–Kier alpha value is -1.01. The molecule has 17 heavy (non-hydrogen) atoms. The maximum Gasteiger partial charge on any atom is 0.251 e. The topological polar surface area (TPSA) is 41.3 Å². The second-order valence-corrected chi connectivity index (χ2v) is 3.93. The van der Waals surface area contributed by atoms with Crippen LogP contribution < -0.4 is 0 Å². The van der Waals surface area contributed by atoms with Crippen molar-refractivity contribution in [1.82, 2.24) is 14.5 Å². The predicted octanol–water partition coefficient (Wildman–Crippen LogP) is 1.35. The van der Waals surface area contributed by atoms with Gasteiger partial charge in [-0.1, -0.05) is 6.92 Å². The number of hydrogen-bond acceptors (Lipinski definition) is 3. The van der Waals surface area contributed by atoms with E-state index >= 15 is 0 Å². The standard InChI is InChI=1S/C11H19F2N3O/c1-2-3-16-9-14-6-10(16)7-15(4-5-17)8-11(12)13/h6,9,11,17H,2-5,7-8H2,1H3. The molecule has 0 bridgehead atoms. The Labute approximate surface area is 99.9 Å². The molecule has 0 atom stereocenters. The fourth-order valence-corrected chi connectivity index (χ4v) is 1.72. The monoisotopic (exact) mass is 247 g/mol. The minimum absolute atomic E-state index is 0.116. The number of rotatable bonds is 8. The van der Waals surface area contributed by atoms with Crippen molar-refractivity contribution in [3.63, 3.8) is 0 Å². The molecule has 98 valence electrons. The molecular weight excluding hydrogens is 228 g/mol. The van der Waals surface area contributed by atoms with Gasteiger partial charge in [0.15, 0.2) is 0 Å². The van der Waals surface area contributed by atoms with Gasteiger partial charge in [-0.3, -0.25) is 4.90 Å². The van der Waals surface area contributed by atoms with Crippen LogP contribution in [-0.4, -0.2) is 45.7 Å². The van der Waals surface area contributed by atoms with Crippen molar-refractivity contribution in [2.24, 2.45) is 0 Å². The van der Waals surface area contributed by atoms with E-state index in [4.69, 9.17) is 5.11 Å². The van der Waals surface area contributed by atoms with Gasteiger partial charge in [-0.15, -0.1) is 0 Å². The molecule has 6 heteroatoms. The normalized spacial score (nSPS) is 11.6. The smallest absolute Gasteiger partial charge is 0.251 e. The summed E-state index contributed by atoms with van der Waals surface area (Å²) in [7, 11) is 0. The first-order valence-electron chi connectivity index (χ1n) is 5.77. The maximum absolute atomic E-state index is 12.3. The number of alkyl halides is 2. The quantitative estimate of drug-likeness (QED) is 0.754. The Kier molecular flexibility index (Phi) is 6.07. The summed E-state index contributed by atoms with van der Waals surface area (Å²) in [4.78, 5) is 5.55. The number of aliphatic hydroxyl groups is 1. The highest BCUT2D eigenvalue weighted by Gasteiger charge is 2.13. The second kappa shape index (κ2) is 7.34. The van der Waals surface area contributed by atoms with Crippen LogP contribution in [0.4, 0.5) is 8.78 Å². The molecule has 1 heterocycles. The molecule has 0 saturated carbocycles. The lowest BCUT2D eigenvalue weighted by molar-refractivity contribution is 0.0734. The Balaban J connectivity index is 2.60. The molecule has 0 aliphatic heterocycles. The van der Waals surface area contributed by atoms with E-state index in [1.807, 2.05) is 4.57 Å². The van der Waals surface area contributed by atoms with E-state index in [0.717, 1.165) is 18.7 Å². The molecule has 0 aliphatic carbocycles. The number of aromatic nitrogens is 2. The average molecular weight is 247 g/mol. The van der Waals surface area contributed by atoms with Crippen LogP contribution in [0.25, 0.3) is 0 Å². The first-order valence-corrected chi connectivity index (χ1v) is 5.77. The van der Waals surface area contributed by atoms with E-state index in [1.165, 1.54) is 4.90 Å². The highest BCUT2D eigenvalue weighted by atomic mass is 19.3. The zero-order valence-electron chi connectivity index (χ0n) is 10.0. The molecule has 1 aromatic heterocycles. The average Bonchev–Trinajstić information content (AvgIpc) is 2.66. The number of imidazole rings is 1. The Morgan fingerprint density at radius 3 is 2.88 bits per heavy atom. The van der Waals surface area contributed by atoms with Crippen LogP contribution >= 0.6 is 0 Å². The third-order valence-corrected chi connectivity index (χ3v) is 2.46. The van der Waals surface area contributed by atoms with Crippen molar-refractivity contribution in [2.45, 2.75) is 32.9 Å². The van der Waals surface area contributed by atoms with Gasteiger partial charge < -0.3 is 9.67 Å². The maximum atomic E-state index is 12.3. The van der Waals surface area contributed by atoms with Gasteiger partial charge in [0.1, 0.15) is 0 Å². The molecule has 0 aliphatic rings. The van der Waals surface area contributed by atoms with Crippen LogP contribution in [0.5, 0.6) is 0 Å². The highest BCUT2D eigenvalue weighted by Crippen LogP contribution is 2.07. The SMILES string of the molecule is CCCn1cncc1CN(CCO)CC(F)F. The summed E-state index contributed by atoms with van der Waals surface area (Å²) >= 11 is 0. The van der Waals surface area contributed by atoms with Gasteiger partial charge in [-0.05, 0) is 6.42 Å². The first-order chi connectivity index (χ1) is 8.17. The summed E-state index contributed by atoms with van der Waals surface area (Å²) in [5.74, 6) is 0. The molecule has 1 aromatic rings. The third kappa shape index (κ3) is 4.79. The summed E-state index contributed by atoms with van der Waals surface area (Å²) in [5, 5.41) is 8.84. The van der Waals surface area contributed by atoms with Crippen LogP contribution in [0.2, 0.25) is 0 Å². The first kappa shape index (κ1) is 14.1. The summed E-state index contributed by atoms with van der Waals surface area (Å²) in [5.41, 5.74) is 0.904. The van der Waals surface area contributed by atoms with E-state index in [-0.39, 0.29) is 19.7 Å². The largest absolute Gasteiger partial charge is 0.395 e. The van der Waals surface area contributed by atoms with Crippen LogP contribution in [0.1, 0.15) is 19.0 Å². The minimum Gasteiger partial charge on any atom is -0.395 e. The number of hydrogen-bond donors (Lipinski definition) is 1. The Morgan fingerprint density at radius 1 is 1.53 bits per heavy atom. The fraction of sp³-hybridized carbons (Fsp3) is 0.727. The van der Waals surface area contributed by atoms with Crippen molar-refractivity contribution in [3.05, 3.63) is 18.2 Å². The molecule has 0 saturated heterocycles. The Morgan fingerprint density at radius 2 is 2.29 bits per heavy atom. The van der Waals surface area contributed by atoms with Gasteiger partial charge in [0.05, 0.1) is 25.2 Å². The van der Waals surface area contributed by atoms with Crippen molar-refractivity contribution in [1.29, 1.82) is 0 Å². The number of aryl methyl sites for hydroxylation is 1.